The van der Waals surface area contributed by atoms with Crippen LogP contribution in [0.4, 0.5) is 17.1 Å². The molecule has 2 aromatic carbocycles. The average molecular weight is 349 g/mol. The third-order valence-corrected chi connectivity index (χ3v) is 3.72. The van der Waals surface area contributed by atoms with E-state index in [-0.39, 0.29) is 5.91 Å². The number of carbonyl (C=O) groups is 1. The summed E-state index contributed by atoms with van der Waals surface area (Å²) in [4.78, 5) is 16.8. The van der Waals surface area contributed by atoms with Gasteiger partial charge in [-0.3, -0.25) is 9.78 Å². The lowest BCUT2D eigenvalue weighted by Crippen LogP contribution is -2.13. The molecule has 0 saturated heterocycles. The molecule has 0 unspecified atom stereocenters. The first-order valence-corrected chi connectivity index (χ1v) is 8.00. The highest BCUT2D eigenvalue weighted by Crippen LogP contribution is 2.29. The maximum absolute atomic E-state index is 12.6. The Kier molecular flexibility index (Phi) is 5.34. The Labute approximate surface area is 151 Å². The molecular formula is C20H19N3O3. The summed E-state index contributed by atoms with van der Waals surface area (Å²) in [6, 6.07) is 16.6. The molecular weight excluding hydrogens is 330 g/mol. The molecule has 6 nitrogen and oxygen atoms in total. The molecule has 1 heterocycles. The fourth-order valence-electron chi connectivity index (χ4n) is 2.43. The van der Waals surface area contributed by atoms with E-state index >= 15 is 0 Å². The van der Waals surface area contributed by atoms with Crippen molar-refractivity contribution in [2.75, 3.05) is 24.9 Å². The van der Waals surface area contributed by atoms with Gasteiger partial charge in [-0.1, -0.05) is 18.2 Å². The third kappa shape index (κ3) is 4.10. The Morgan fingerprint density at radius 1 is 0.923 bits per heavy atom. The number of nitrogens with zero attached hydrogens (tertiary/aromatic N) is 1. The lowest BCUT2D eigenvalue weighted by Gasteiger charge is -2.12. The van der Waals surface area contributed by atoms with Crippen molar-refractivity contribution in [3.05, 3.63) is 72.6 Å². The maximum Gasteiger partial charge on any atom is 0.257 e. The molecule has 0 spiro atoms. The number of rotatable bonds is 6. The van der Waals surface area contributed by atoms with Crippen molar-refractivity contribution in [2.24, 2.45) is 0 Å². The molecule has 0 aliphatic heterocycles. The second-order valence-corrected chi connectivity index (χ2v) is 5.47. The zero-order valence-corrected chi connectivity index (χ0v) is 14.5. The monoisotopic (exact) mass is 349 g/mol. The average Bonchev–Trinajstić information content (AvgIpc) is 2.69. The predicted octanol–water partition coefficient (Wildman–Crippen LogP) is 4.09. The molecule has 0 saturated carbocycles. The van der Waals surface area contributed by atoms with Crippen LogP contribution in [-0.4, -0.2) is 25.1 Å². The van der Waals surface area contributed by atoms with E-state index in [4.69, 9.17) is 9.47 Å². The number of nitrogens with one attached hydrogen (secondary N) is 2. The number of benzene rings is 2. The van der Waals surface area contributed by atoms with Crippen LogP contribution in [0.25, 0.3) is 0 Å². The summed E-state index contributed by atoms with van der Waals surface area (Å²) >= 11 is 0. The highest BCUT2D eigenvalue weighted by Gasteiger charge is 2.12. The number of carbonyl (C=O) groups excluding carboxylic acids is 1. The third-order valence-electron chi connectivity index (χ3n) is 3.72. The molecule has 0 radical (unpaired) electrons. The summed E-state index contributed by atoms with van der Waals surface area (Å²) in [5.41, 5.74) is 2.59. The summed E-state index contributed by atoms with van der Waals surface area (Å²) in [6.45, 7) is 0. The topological polar surface area (TPSA) is 72.5 Å². The largest absolute Gasteiger partial charge is 0.497 e. The fourth-order valence-corrected chi connectivity index (χ4v) is 2.43. The number of methoxy groups -OCH3 is 2. The van der Waals surface area contributed by atoms with E-state index in [2.05, 4.69) is 15.6 Å². The van der Waals surface area contributed by atoms with Crippen LogP contribution in [0.15, 0.2) is 67.0 Å². The first-order valence-electron chi connectivity index (χ1n) is 8.00. The van der Waals surface area contributed by atoms with E-state index in [1.807, 2.05) is 30.3 Å². The summed E-state index contributed by atoms with van der Waals surface area (Å²) in [5.74, 6) is 0.880. The molecule has 0 aliphatic carbocycles. The zero-order valence-electron chi connectivity index (χ0n) is 14.5. The van der Waals surface area contributed by atoms with Gasteiger partial charge in [-0.05, 0) is 30.3 Å². The van der Waals surface area contributed by atoms with Gasteiger partial charge in [0.1, 0.15) is 11.5 Å². The van der Waals surface area contributed by atoms with E-state index in [1.165, 1.54) is 6.20 Å². The van der Waals surface area contributed by atoms with E-state index in [1.54, 1.807) is 44.7 Å². The zero-order chi connectivity index (χ0) is 18.4. The van der Waals surface area contributed by atoms with Gasteiger partial charge in [0.2, 0.25) is 0 Å². The van der Waals surface area contributed by atoms with Crippen molar-refractivity contribution in [3.8, 4) is 11.5 Å². The minimum Gasteiger partial charge on any atom is -0.497 e. The number of hydrogen-bond acceptors (Lipinski definition) is 5. The second kappa shape index (κ2) is 8.02. The molecule has 3 rings (SSSR count). The Hall–Kier alpha value is -3.54. The van der Waals surface area contributed by atoms with Crippen molar-refractivity contribution in [1.29, 1.82) is 0 Å². The molecule has 26 heavy (non-hydrogen) atoms. The van der Waals surface area contributed by atoms with Crippen LogP contribution in [0.1, 0.15) is 10.4 Å². The van der Waals surface area contributed by atoms with Gasteiger partial charge in [0.05, 0.1) is 37.4 Å². The number of amides is 1. The summed E-state index contributed by atoms with van der Waals surface area (Å²) < 4.78 is 10.5. The van der Waals surface area contributed by atoms with Crippen LogP contribution >= 0.6 is 0 Å². The number of aromatic nitrogens is 1. The molecule has 1 amide bonds. The van der Waals surface area contributed by atoms with Crippen molar-refractivity contribution < 1.29 is 14.3 Å². The maximum atomic E-state index is 12.6. The van der Waals surface area contributed by atoms with Crippen LogP contribution in [0.3, 0.4) is 0 Å². The molecule has 6 heteroatoms. The first-order chi connectivity index (χ1) is 12.7. The summed E-state index contributed by atoms with van der Waals surface area (Å²) in [7, 11) is 3.11. The Balaban J connectivity index is 1.79. The smallest absolute Gasteiger partial charge is 0.257 e. The molecule has 0 atom stereocenters. The normalized spacial score (nSPS) is 10.1. The summed E-state index contributed by atoms with van der Waals surface area (Å²) in [6.07, 6.45) is 3.17. The van der Waals surface area contributed by atoms with Gasteiger partial charge in [0.15, 0.2) is 0 Å². The minimum atomic E-state index is -0.291. The number of anilines is 3. The van der Waals surface area contributed by atoms with Gasteiger partial charge in [-0.15, -0.1) is 0 Å². The quantitative estimate of drug-likeness (QED) is 0.701. The van der Waals surface area contributed by atoms with Crippen LogP contribution in [0, 0.1) is 0 Å². The Morgan fingerprint density at radius 2 is 1.73 bits per heavy atom. The predicted molar refractivity (Wildman–Crippen MR) is 101 cm³/mol. The molecule has 132 valence electrons. The van der Waals surface area contributed by atoms with Gasteiger partial charge >= 0.3 is 0 Å². The van der Waals surface area contributed by atoms with E-state index in [9.17, 15) is 4.79 Å². The standard InChI is InChI=1S/C20H19N3O3/c1-25-17-8-9-19(26-2)18(11-17)23-20(24)14-10-16(13-21-12-14)22-15-6-4-3-5-7-15/h3-13,22H,1-2H3,(H,23,24). The van der Waals surface area contributed by atoms with Crippen LogP contribution in [0.5, 0.6) is 11.5 Å². The van der Waals surface area contributed by atoms with Crippen molar-refractivity contribution in [3.63, 3.8) is 0 Å². The van der Waals surface area contributed by atoms with E-state index < -0.39 is 0 Å². The molecule has 0 bridgehead atoms. The highest BCUT2D eigenvalue weighted by molar-refractivity contribution is 6.05. The minimum absolute atomic E-state index is 0.291. The van der Waals surface area contributed by atoms with Gasteiger partial charge in [-0.25, -0.2) is 0 Å². The van der Waals surface area contributed by atoms with Crippen LogP contribution < -0.4 is 20.1 Å². The lowest BCUT2D eigenvalue weighted by atomic mass is 10.2. The Bertz CT molecular complexity index is 898. The number of hydrogen-bond donors (Lipinski definition) is 2. The fraction of sp³-hybridized carbons (Fsp3) is 0.100. The van der Waals surface area contributed by atoms with E-state index in [0.29, 0.717) is 22.7 Å². The lowest BCUT2D eigenvalue weighted by molar-refractivity contribution is 0.102. The highest BCUT2D eigenvalue weighted by atomic mass is 16.5. The van der Waals surface area contributed by atoms with Crippen LogP contribution in [0.2, 0.25) is 0 Å². The van der Waals surface area contributed by atoms with Crippen LogP contribution in [-0.2, 0) is 0 Å². The SMILES string of the molecule is COc1ccc(OC)c(NC(=O)c2cncc(Nc3ccccc3)c2)c1. The Morgan fingerprint density at radius 3 is 2.46 bits per heavy atom. The first kappa shape index (κ1) is 17.3. The molecule has 1 aromatic heterocycles. The number of pyridine rings is 1. The summed E-state index contributed by atoms with van der Waals surface area (Å²) in [5, 5.41) is 6.05. The molecule has 0 aliphatic rings. The second-order valence-electron chi connectivity index (χ2n) is 5.47. The van der Waals surface area contributed by atoms with Crippen molar-refractivity contribution in [1.82, 2.24) is 4.98 Å². The van der Waals surface area contributed by atoms with Gasteiger partial charge < -0.3 is 20.1 Å². The van der Waals surface area contributed by atoms with Gasteiger partial charge in [-0.2, -0.15) is 0 Å². The van der Waals surface area contributed by atoms with Gasteiger partial charge in [0, 0.05) is 18.0 Å². The number of ether oxygens (including phenoxy) is 2. The van der Waals surface area contributed by atoms with Crippen molar-refractivity contribution in [2.45, 2.75) is 0 Å². The van der Waals surface area contributed by atoms with Crippen molar-refractivity contribution >= 4 is 23.0 Å². The van der Waals surface area contributed by atoms with E-state index in [0.717, 1.165) is 11.4 Å². The molecule has 2 N–H and O–H groups in total. The van der Waals surface area contributed by atoms with Gasteiger partial charge in [0.25, 0.3) is 5.91 Å². The number of para-hydroxylation sites is 1. The molecule has 0 fully saturated rings. The molecule has 3 aromatic rings.